The third-order valence-electron chi connectivity index (χ3n) is 3.49. The number of thioether (sulfide) groups is 1. The Bertz CT molecular complexity index is 868. The lowest BCUT2D eigenvalue weighted by Crippen LogP contribution is -2.04. The van der Waals surface area contributed by atoms with Gasteiger partial charge in [0.25, 0.3) is 6.43 Å². The lowest BCUT2D eigenvalue weighted by atomic mass is 10.0. The van der Waals surface area contributed by atoms with Crippen LogP contribution in [0.15, 0.2) is 41.6 Å². The molecule has 8 heteroatoms. The largest absolute Gasteiger partial charge is 0.400 e. The van der Waals surface area contributed by atoms with Crippen molar-refractivity contribution in [2.75, 3.05) is 12.9 Å². The number of benzene rings is 2. The van der Waals surface area contributed by atoms with E-state index in [2.05, 4.69) is 10.2 Å². The molecule has 0 atom stereocenters. The second-order valence-corrected chi connectivity index (χ2v) is 5.89. The second-order valence-electron chi connectivity index (χ2n) is 4.90. The lowest BCUT2D eigenvalue weighted by Gasteiger charge is -2.13. The molecule has 5 nitrogen and oxygen atoms in total. The van der Waals surface area contributed by atoms with E-state index >= 15 is 0 Å². The molecular formula is C17H17F2N3O2S. The average molecular weight is 365 g/mol. The van der Waals surface area contributed by atoms with Crippen LogP contribution in [0, 0.1) is 6.92 Å². The number of halogens is 2. The summed E-state index contributed by atoms with van der Waals surface area (Å²) in [6, 6.07) is 11.2. The number of aliphatic hydroxyl groups is 1. The van der Waals surface area contributed by atoms with Crippen LogP contribution in [0.5, 0.6) is 0 Å². The third kappa shape index (κ3) is 3.85. The van der Waals surface area contributed by atoms with Crippen LogP contribution in [0.1, 0.15) is 17.8 Å². The van der Waals surface area contributed by atoms with Gasteiger partial charge in [-0.2, -0.15) is 0 Å². The monoisotopic (exact) mass is 365 g/mol. The third-order valence-corrected chi connectivity index (χ3v) is 4.32. The Balaban J connectivity index is 0.00000109. The van der Waals surface area contributed by atoms with E-state index in [1.54, 1.807) is 6.07 Å². The fourth-order valence-corrected chi connectivity index (χ4v) is 3.12. The van der Waals surface area contributed by atoms with Crippen molar-refractivity contribution >= 4 is 28.8 Å². The van der Waals surface area contributed by atoms with Gasteiger partial charge in [-0.1, -0.05) is 42.1 Å². The SMILES string of the molecule is CO.Cc1ccc(-n2c(SCC=O)nnc2C(F)F)c2ccccc12. The van der Waals surface area contributed by atoms with Gasteiger partial charge in [-0.15, -0.1) is 10.2 Å². The first-order valence-electron chi connectivity index (χ1n) is 7.37. The maximum absolute atomic E-state index is 13.3. The van der Waals surface area contributed by atoms with Gasteiger partial charge in [-0.05, 0) is 23.9 Å². The molecule has 0 aliphatic heterocycles. The van der Waals surface area contributed by atoms with E-state index in [0.717, 1.165) is 35.2 Å². The maximum atomic E-state index is 13.3. The Morgan fingerprint density at radius 1 is 1.16 bits per heavy atom. The lowest BCUT2D eigenvalue weighted by molar-refractivity contribution is -0.105. The van der Waals surface area contributed by atoms with E-state index in [0.29, 0.717) is 12.0 Å². The zero-order chi connectivity index (χ0) is 18.4. The Hall–Kier alpha value is -2.32. The Labute approximate surface area is 147 Å². The topological polar surface area (TPSA) is 68.0 Å². The van der Waals surface area contributed by atoms with Crippen molar-refractivity contribution in [1.29, 1.82) is 0 Å². The first kappa shape index (κ1) is 19.0. The average Bonchev–Trinajstić information content (AvgIpc) is 3.06. The summed E-state index contributed by atoms with van der Waals surface area (Å²) in [5, 5.41) is 16.5. The summed E-state index contributed by atoms with van der Waals surface area (Å²) in [7, 11) is 1.00. The van der Waals surface area contributed by atoms with Gasteiger partial charge < -0.3 is 9.90 Å². The molecule has 0 saturated heterocycles. The predicted molar refractivity (Wildman–Crippen MR) is 93.5 cm³/mol. The zero-order valence-corrected chi connectivity index (χ0v) is 14.5. The molecule has 1 heterocycles. The van der Waals surface area contributed by atoms with Gasteiger partial charge in [0, 0.05) is 12.5 Å². The normalized spacial score (nSPS) is 10.6. The number of alkyl halides is 2. The summed E-state index contributed by atoms with van der Waals surface area (Å²) in [5.41, 5.74) is 1.64. The van der Waals surface area contributed by atoms with E-state index in [1.165, 1.54) is 4.57 Å². The van der Waals surface area contributed by atoms with Gasteiger partial charge in [0.15, 0.2) is 5.16 Å². The molecule has 1 N–H and O–H groups in total. The van der Waals surface area contributed by atoms with Crippen LogP contribution in [-0.2, 0) is 4.79 Å². The number of carbonyl (C=O) groups excluding carboxylic acids is 1. The van der Waals surface area contributed by atoms with Crippen LogP contribution in [0.25, 0.3) is 16.5 Å². The first-order valence-corrected chi connectivity index (χ1v) is 8.35. The van der Waals surface area contributed by atoms with Crippen molar-refractivity contribution in [3.8, 4) is 5.69 Å². The number of aryl methyl sites for hydroxylation is 1. The number of aliphatic hydroxyl groups excluding tert-OH is 1. The summed E-state index contributed by atoms with van der Waals surface area (Å²) in [6.07, 6.45) is -2.05. The molecule has 25 heavy (non-hydrogen) atoms. The van der Waals surface area contributed by atoms with Gasteiger partial charge in [0.05, 0.1) is 11.4 Å². The molecule has 0 radical (unpaired) electrons. The highest BCUT2D eigenvalue weighted by Crippen LogP contribution is 2.32. The van der Waals surface area contributed by atoms with E-state index in [-0.39, 0.29) is 10.9 Å². The molecule has 2 aromatic carbocycles. The molecule has 0 aliphatic carbocycles. The molecular weight excluding hydrogens is 348 g/mol. The number of carbonyl (C=O) groups is 1. The highest BCUT2D eigenvalue weighted by atomic mass is 32.2. The molecule has 0 unspecified atom stereocenters. The number of aldehydes is 1. The standard InChI is InChI=1S/C16H13F2N3OS.CH4O/c1-10-6-7-13(12-5-3-2-4-11(10)12)21-15(14(17)18)19-20-16(21)23-9-8-22;1-2/h2-8,14H,9H2,1H3;2H,1H3. The molecule has 0 amide bonds. The maximum Gasteiger partial charge on any atom is 0.297 e. The smallest absolute Gasteiger partial charge is 0.297 e. The number of nitrogens with zero attached hydrogens (tertiary/aromatic N) is 3. The van der Waals surface area contributed by atoms with Crippen LogP contribution in [0.3, 0.4) is 0 Å². The van der Waals surface area contributed by atoms with Crippen LogP contribution in [0.2, 0.25) is 0 Å². The highest BCUT2D eigenvalue weighted by molar-refractivity contribution is 7.99. The van der Waals surface area contributed by atoms with Crippen LogP contribution >= 0.6 is 11.8 Å². The van der Waals surface area contributed by atoms with E-state index < -0.39 is 12.2 Å². The second kappa shape index (κ2) is 8.68. The molecule has 3 aromatic rings. The predicted octanol–water partition coefficient (Wildman–Crippen LogP) is 3.57. The number of hydrogen-bond acceptors (Lipinski definition) is 5. The molecule has 0 bridgehead atoms. The fourth-order valence-electron chi connectivity index (χ4n) is 2.48. The van der Waals surface area contributed by atoms with Gasteiger partial charge in [-0.3, -0.25) is 4.57 Å². The van der Waals surface area contributed by atoms with Crippen molar-refractivity contribution in [2.24, 2.45) is 0 Å². The summed E-state index contributed by atoms with van der Waals surface area (Å²) < 4.78 is 28.0. The van der Waals surface area contributed by atoms with Crippen LogP contribution in [0.4, 0.5) is 8.78 Å². The van der Waals surface area contributed by atoms with Crippen LogP contribution in [-0.4, -0.2) is 39.0 Å². The van der Waals surface area contributed by atoms with Crippen LogP contribution < -0.4 is 0 Å². The minimum Gasteiger partial charge on any atom is -0.400 e. The summed E-state index contributed by atoms with van der Waals surface area (Å²) in [6.45, 7) is 1.97. The molecule has 1 aromatic heterocycles. The van der Waals surface area contributed by atoms with Gasteiger partial charge in [0.1, 0.15) is 6.29 Å². The minimum atomic E-state index is -2.76. The number of rotatable bonds is 5. The van der Waals surface area contributed by atoms with Gasteiger partial charge >= 0.3 is 0 Å². The van der Waals surface area contributed by atoms with Crippen molar-refractivity contribution in [2.45, 2.75) is 18.5 Å². The van der Waals surface area contributed by atoms with Gasteiger partial charge in [0.2, 0.25) is 5.82 Å². The van der Waals surface area contributed by atoms with Gasteiger partial charge in [-0.25, -0.2) is 8.78 Å². The summed E-state index contributed by atoms with van der Waals surface area (Å²) in [4.78, 5) is 10.6. The van der Waals surface area contributed by atoms with Crippen molar-refractivity contribution in [3.63, 3.8) is 0 Å². The number of fused-ring (bicyclic) bond motifs is 1. The fraction of sp³-hybridized carbons (Fsp3) is 0.235. The van der Waals surface area contributed by atoms with E-state index in [4.69, 9.17) is 5.11 Å². The number of hydrogen-bond donors (Lipinski definition) is 1. The van der Waals surface area contributed by atoms with Crippen molar-refractivity contribution in [3.05, 3.63) is 47.8 Å². The highest BCUT2D eigenvalue weighted by Gasteiger charge is 2.22. The first-order chi connectivity index (χ1) is 12.1. The van der Waals surface area contributed by atoms with Crippen molar-refractivity contribution in [1.82, 2.24) is 14.8 Å². The minimum absolute atomic E-state index is 0.130. The van der Waals surface area contributed by atoms with E-state index in [9.17, 15) is 13.6 Å². The molecule has 3 rings (SSSR count). The van der Waals surface area contributed by atoms with Crippen molar-refractivity contribution < 1.29 is 18.7 Å². The Morgan fingerprint density at radius 2 is 1.84 bits per heavy atom. The summed E-state index contributed by atoms with van der Waals surface area (Å²) >= 11 is 1.08. The summed E-state index contributed by atoms with van der Waals surface area (Å²) in [5.74, 6) is -0.294. The molecule has 0 spiro atoms. The zero-order valence-electron chi connectivity index (χ0n) is 13.7. The Kier molecular flexibility index (Phi) is 6.60. The molecule has 0 fully saturated rings. The molecule has 0 aliphatic rings. The quantitative estimate of drug-likeness (QED) is 0.553. The number of aromatic nitrogens is 3. The van der Waals surface area contributed by atoms with E-state index in [1.807, 2.05) is 37.3 Å². The molecule has 0 saturated carbocycles. The molecule has 132 valence electrons. The Morgan fingerprint density at radius 3 is 2.48 bits per heavy atom.